The van der Waals surface area contributed by atoms with Crippen LogP contribution < -0.4 is 5.73 Å². The second-order valence-electron chi connectivity index (χ2n) is 4.89. The monoisotopic (exact) mass is 285 g/mol. The maximum atomic E-state index is 12.2. The number of rotatable bonds is 6. The molecule has 0 heterocycles. The molecule has 1 aromatic rings. The number of hydrogen-bond donors (Lipinski definition) is 1. The predicted octanol–water partition coefficient (Wildman–Crippen LogP) is 1.16. The van der Waals surface area contributed by atoms with Crippen LogP contribution in [0.5, 0.6) is 0 Å². The van der Waals surface area contributed by atoms with Gasteiger partial charge in [0.25, 0.3) is 10.2 Å². The van der Waals surface area contributed by atoms with Crippen molar-refractivity contribution in [1.29, 1.82) is 0 Å². The Morgan fingerprint density at radius 2 is 1.58 bits per heavy atom. The van der Waals surface area contributed by atoms with E-state index in [-0.39, 0.29) is 6.04 Å². The van der Waals surface area contributed by atoms with Gasteiger partial charge >= 0.3 is 0 Å². The molecule has 0 saturated carbocycles. The zero-order chi connectivity index (χ0) is 14.6. The fourth-order valence-corrected chi connectivity index (χ4v) is 2.89. The van der Waals surface area contributed by atoms with E-state index >= 15 is 0 Å². The third-order valence-electron chi connectivity index (χ3n) is 3.15. The summed E-state index contributed by atoms with van der Waals surface area (Å²) < 4.78 is 27.2. The van der Waals surface area contributed by atoms with Gasteiger partial charge in [-0.2, -0.15) is 17.0 Å². The summed E-state index contributed by atoms with van der Waals surface area (Å²) in [5.41, 5.74) is 7.51. The molecule has 0 amide bonds. The molecule has 0 bridgehead atoms. The second-order valence-corrected chi connectivity index (χ2v) is 6.99. The molecule has 0 radical (unpaired) electrons. The number of nitrogens with two attached hydrogens (primary N) is 1. The molecule has 0 aliphatic carbocycles. The van der Waals surface area contributed by atoms with E-state index in [1.165, 1.54) is 8.61 Å². The largest absolute Gasteiger partial charge is 0.326 e. The summed E-state index contributed by atoms with van der Waals surface area (Å²) in [7, 11) is -0.231. The van der Waals surface area contributed by atoms with Crippen LogP contribution in [0.4, 0.5) is 0 Å². The molecule has 19 heavy (non-hydrogen) atoms. The van der Waals surface area contributed by atoms with E-state index in [2.05, 4.69) is 0 Å². The van der Waals surface area contributed by atoms with Gasteiger partial charge in [-0.05, 0) is 25.0 Å². The van der Waals surface area contributed by atoms with E-state index in [1.807, 2.05) is 38.1 Å². The van der Waals surface area contributed by atoms with Crippen LogP contribution in [0.15, 0.2) is 24.3 Å². The Morgan fingerprint density at radius 1 is 1.11 bits per heavy atom. The van der Waals surface area contributed by atoms with Crippen molar-refractivity contribution in [2.45, 2.75) is 33.0 Å². The first-order valence-corrected chi connectivity index (χ1v) is 7.66. The summed E-state index contributed by atoms with van der Waals surface area (Å²) in [5.74, 6) is 0. The Labute approximate surface area is 116 Å². The fraction of sp³-hybridized carbons (Fsp3) is 0.538. The molecule has 0 fully saturated rings. The topological polar surface area (TPSA) is 66.6 Å². The molecule has 0 spiro atoms. The molecule has 0 aliphatic rings. The molecule has 0 aromatic heterocycles. The number of nitrogens with zero attached hydrogens (tertiary/aromatic N) is 2. The molecular weight excluding hydrogens is 262 g/mol. The highest BCUT2D eigenvalue weighted by atomic mass is 32.2. The van der Waals surface area contributed by atoms with Gasteiger partial charge in [-0.15, -0.1) is 0 Å². The maximum Gasteiger partial charge on any atom is 0.282 e. The Bertz CT molecular complexity index is 497. The highest BCUT2D eigenvalue weighted by Gasteiger charge is 2.25. The smallest absolute Gasteiger partial charge is 0.282 e. The fourth-order valence-electron chi connectivity index (χ4n) is 1.61. The standard InChI is InChI=1S/C13H23N3O2S/c1-11(2)16(4)19(17,18)15(3)10-13-7-5-12(9-14)6-8-13/h5-8,11H,9-10,14H2,1-4H3. The molecule has 108 valence electrons. The zero-order valence-electron chi connectivity index (χ0n) is 12.0. The van der Waals surface area contributed by atoms with E-state index < -0.39 is 10.2 Å². The lowest BCUT2D eigenvalue weighted by molar-refractivity contribution is 0.355. The van der Waals surface area contributed by atoms with Crippen LogP contribution in [0, 0.1) is 0 Å². The summed E-state index contributed by atoms with van der Waals surface area (Å²) in [5, 5.41) is 0. The van der Waals surface area contributed by atoms with Crippen LogP contribution in [0.25, 0.3) is 0 Å². The molecule has 0 saturated heterocycles. The maximum absolute atomic E-state index is 12.2. The Kier molecular flexibility index (Phi) is 5.49. The first-order chi connectivity index (χ1) is 8.78. The molecule has 5 nitrogen and oxygen atoms in total. The van der Waals surface area contributed by atoms with Gasteiger partial charge in [0.05, 0.1) is 0 Å². The quantitative estimate of drug-likeness (QED) is 0.853. The molecular formula is C13H23N3O2S. The van der Waals surface area contributed by atoms with Gasteiger partial charge in [0.1, 0.15) is 0 Å². The van der Waals surface area contributed by atoms with Crippen molar-refractivity contribution < 1.29 is 8.42 Å². The molecule has 0 aliphatic heterocycles. The number of benzene rings is 1. The van der Waals surface area contributed by atoms with Crippen LogP contribution in [0.1, 0.15) is 25.0 Å². The van der Waals surface area contributed by atoms with E-state index in [4.69, 9.17) is 5.73 Å². The lowest BCUT2D eigenvalue weighted by Crippen LogP contribution is -2.42. The minimum absolute atomic E-state index is 0.0629. The zero-order valence-corrected chi connectivity index (χ0v) is 12.8. The molecule has 0 atom stereocenters. The van der Waals surface area contributed by atoms with E-state index in [0.717, 1.165) is 11.1 Å². The van der Waals surface area contributed by atoms with Gasteiger partial charge < -0.3 is 5.73 Å². The highest BCUT2D eigenvalue weighted by Crippen LogP contribution is 2.13. The summed E-state index contributed by atoms with van der Waals surface area (Å²) in [6.07, 6.45) is 0. The van der Waals surface area contributed by atoms with Crippen LogP contribution in [0.2, 0.25) is 0 Å². The van der Waals surface area contributed by atoms with Crippen LogP contribution in [-0.4, -0.2) is 37.2 Å². The predicted molar refractivity (Wildman–Crippen MR) is 77.6 cm³/mol. The van der Waals surface area contributed by atoms with Crippen LogP contribution >= 0.6 is 0 Å². The van der Waals surface area contributed by atoms with Gasteiger partial charge in [-0.3, -0.25) is 0 Å². The van der Waals surface area contributed by atoms with Crippen LogP contribution in [0.3, 0.4) is 0 Å². The third-order valence-corrected chi connectivity index (χ3v) is 5.22. The summed E-state index contributed by atoms with van der Waals surface area (Å²) in [6, 6.07) is 7.59. The van der Waals surface area contributed by atoms with E-state index in [9.17, 15) is 8.42 Å². The van der Waals surface area contributed by atoms with E-state index in [1.54, 1.807) is 14.1 Å². The third kappa shape index (κ3) is 4.01. The van der Waals surface area contributed by atoms with Crippen molar-refractivity contribution in [3.05, 3.63) is 35.4 Å². The minimum atomic E-state index is -3.41. The van der Waals surface area contributed by atoms with Crippen molar-refractivity contribution in [2.75, 3.05) is 14.1 Å². The average Bonchev–Trinajstić information content (AvgIpc) is 2.38. The summed E-state index contributed by atoms with van der Waals surface area (Å²) in [4.78, 5) is 0. The van der Waals surface area contributed by atoms with Crippen molar-refractivity contribution in [1.82, 2.24) is 8.61 Å². The van der Waals surface area contributed by atoms with Gasteiger partial charge in [0.2, 0.25) is 0 Å². The lowest BCUT2D eigenvalue weighted by Gasteiger charge is -2.27. The Balaban J connectivity index is 2.81. The molecule has 1 rings (SSSR count). The SMILES string of the molecule is CC(C)N(C)S(=O)(=O)N(C)Cc1ccc(CN)cc1. The van der Waals surface area contributed by atoms with Crippen LogP contribution in [-0.2, 0) is 23.3 Å². The van der Waals surface area contributed by atoms with Gasteiger partial charge in [0.15, 0.2) is 0 Å². The van der Waals surface area contributed by atoms with Crippen molar-refractivity contribution >= 4 is 10.2 Å². The molecule has 1 aromatic carbocycles. The average molecular weight is 285 g/mol. The first kappa shape index (κ1) is 16.1. The molecule has 0 unspecified atom stereocenters. The Hall–Kier alpha value is -0.950. The molecule has 6 heteroatoms. The second kappa shape index (κ2) is 6.47. The normalized spacial score (nSPS) is 12.6. The van der Waals surface area contributed by atoms with Crippen molar-refractivity contribution in [3.8, 4) is 0 Å². The first-order valence-electron chi connectivity index (χ1n) is 6.26. The number of hydrogen-bond acceptors (Lipinski definition) is 3. The Morgan fingerprint density at radius 3 is 2.00 bits per heavy atom. The summed E-state index contributed by atoms with van der Waals surface area (Å²) >= 11 is 0. The lowest BCUT2D eigenvalue weighted by atomic mass is 10.1. The van der Waals surface area contributed by atoms with Gasteiger partial charge in [-0.1, -0.05) is 24.3 Å². The highest BCUT2D eigenvalue weighted by molar-refractivity contribution is 7.86. The molecule has 2 N–H and O–H groups in total. The van der Waals surface area contributed by atoms with Crippen molar-refractivity contribution in [2.24, 2.45) is 5.73 Å². The van der Waals surface area contributed by atoms with Crippen molar-refractivity contribution in [3.63, 3.8) is 0 Å². The minimum Gasteiger partial charge on any atom is -0.326 e. The van der Waals surface area contributed by atoms with Gasteiger partial charge in [-0.25, -0.2) is 0 Å². The van der Waals surface area contributed by atoms with Gasteiger partial charge in [0, 0.05) is 33.2 Å². The van der Waals surface area contributed by atoms with E-state index in [0.29, 0.717) is 13.1 Å². The summed E-state index contributed by atoms with van der Waals surface area (Å²) in [6.45, 7) is 4.54.